The van der Waals surface area contributed by atoms with Gasteiger partial charge in [0.05, 0.1) is 0 Å². The van der Waals surface area contributed by atoms with Crippen molar-refractivity contribution in [2.45, 2.75) is 50.7 Å². The zero-order chi connectivity index (χ0) is 16.2. The Kier molecular flexibility index (Phi) is 5.52. The lowest BCUT2D eigenvalue weighted by Crippen LogP contribution is -2.48. The number of hydrogen-bond donors (Lipinski definition) is 0. The summed E-state index contributed by atoms with van der Waals surface area (Å²) in [5.74, 6) is -0.164. The van der Waals surface area contributed by atoms with Gasteiger partial charge in [-0.3, -0.25) is 9.69 Å². The fourth-order valence-corrected chi connectivity index (χ4v) is 2.97. The molecule has 2 heterocycles. The molecule has 126 valence electrons. The monoisotopic (exact) mass is 322 g/mol. The molecule has 0 spiro atoms. The van der Waals surface area contributed by atoms with Gasteiger partial charge in [-0.15, -0.1) is 0 Å². The topological polar surface area (TPSA) is 49.9 Å². The normalized spacial score (nSPS) is 23.3. The molecule has 0 bridgehead atoms. The Hall–Kier alpha value is -1.47. The van der Waals surface area contributed by atoms with Gasteiger partial charge in [0.15, 0.2) is 6.61 Å². The smallest absolute Gasteiger partial charge is 0.422 e. The molecule has 0 aromatic carbocycles. The summed E-state index contributed by atoms with van der Waals surface area (Å²) < 4.78 is 40.6. The van der Waals surface area contributed by atoms with Gasteiger partial charge in [0.2, 0.25) is 5.91 Å². The number of carbonyl (C=O) groups excluding carboxylic acids is 2. The average Bonchev–Trinajstić information content (AvgIpc) is 2.78. The maximum absolute atomic E-state index is 12.5. The zero-order valence-electron chi connectivity index (χ0n) is 12.4. The second-order valence-corrected chi connectivity index (χ2v) is 5.76. The van der Waals surface area contributed by atoms with Crippen molar-refractivity contribution in [1.29, 1.82) is 0 Å². The van der Waals surface area contributed by atoms with Gasteiger partial charge in [0.25, 0.3) is 0 Å². The molecule has 0 aromatic heterocycles. The third-order valence-electron chi connectivity index (χ3n) is 4.05. The summed E-state index contributed by atoms with van der Waals surface area (Å²) in [7, 11) is 0. The van der Waals surface area contributed by atoms with Gasteiger partial charge >= 0.3 is 12.3 Å². The average molecular weight is 322 g/mol. The highest BCUT2D eigenvalue weighted by atomic mass is 19.4. The number of likely N-dealkylation sites (tertiary alicyclic amines) is 2. The van der Waals surface area contributed by atoms with Crippen LogP contribution in [0.5, 0.6) is 0 Å². The van der Waals surface area contributed by atoms with Crippen molar-refractivity contribution in [1.82, 2.24) is 9.80 Å². The van der Waals surface area contributed by atoms with Crippen molar-refractivity contribution >= 4 is 12.0 Å². The van der Waals surface area contributed by atoms with E-state index in [1.165, 1.54) is 0 Å². The van der Waals surface area contributed by atoms with E-state index in [0.29, 0.717) is 25.9 Å². The van der Waals surface area contributed by atoms with E-state index in [2.05, 4.69) is 4.74 Å². The second kappa shape index (κ2) is 7.19. The molecular weight excluding hydrogens is 301 g/mol. The number of nitrogens with zero attached hydrogens (tertiary/aromatic N) is 2. The van der Waals surface area contributed by atoms with Crippen LogP contribution in [0.15, 0.2) is 0 Å². The van der Waals surface area contributed by atoms with Gasteiger partial charge in [-0.2, -0.15) is 13.2 Å². The fraction of sp³-hybridized carbons (Fsp3) is 0.857. The first-order valence-electron chi connectivity index (χ1n) is 7.67. The predicted octanol–water partition coefficient (Wildman–Crippen LogP) is 2.55. The molecule has 0 saturated carbocycles. The molecule has 2 aliphatic rings. The molecule has 0 radical (unpaired) electrons. The summed E-state index contributed by atoms with van der Waals surface area (Å²) in [4.78, 5) is 27.2. The first-order valence-corrected chi connectivity index (χ1v) is 7.67. The summed E-state index contributed by atoms with van der Waals surface area (Å²) in [6.07, 6.45) is -0.518. The molecule has 0 aromatic rings. The van der Waals surface area contributed by atoms with Crippen molar-refractivity contribution in [2.24, 2.45) is 0 Å². The molecule has 2 aliphatic heterocycles. The number of rotatable bonds is 2. The van der Waals surface area contributed by atoms with E-state index in [-0.39, 0.29) is 12.5 Å². The molecule has 1 unspecified atom stereocenters. The third-order valence-corrected chi connectivity index (χ3v) is 4.05. The zero-order valence-corrected chi connectivity index (χ0v) is 12.4. The highest BCUT2D eigenvalue weighted by molar-refractivity contribution is 5.86. The Morgan fingerprint density at radius 3 is 2.23 bits per heavy atom. The maximum atomic E-state index is 12.5. The van der Waals surface area contributed by atoms with Crippen molar-refractivity contribution in [3.05, 3.63) is 0 Å². The van der Waals surface area contributed by atoms with Crippen LogP contribution in [0.4, 0.5) is 18.0 Å². The summed E-state index contributed by atoms with van der Waals surface area (Å²) >= 11 is 0. The molecule has 2 rings (SSSR count). The first-order chi connectivity index (χ1) is 10.4. The number of alkyl halides is 3. The van der Waals surface area contributed by atoms with Crippen LogP contribution in [0.25, 0.3) is 0 Å². The van der Waals surface area contributed by atoms with Gasteiger partial charge in [0.1, 0.15) is 6.04 Å². The SMILES string of the molecule is O=C(C1CCCN1C(=O)OCC(F)(F)F)N1CCCCCC1. The van der Waals surface area contributed by atoms with Crippen molar-refractivity contribution in [3.8, 4) is 0 Å². The van der Waals surface area contributed by atoms with Crippen LogP contribution < -0.4 is 0 Å². The number of amides is 2. The number of carbonyl (C=O) groups is 2. The molecule has 2 fully saturated rings. The molecule has 22 heavy (non-hydrogen) atoms. The van der Waals surface area contributed by atoms with E-state index >= 15 is 0 Å². The van der Waals surface area contributed by atoms with E-state index in [9.17, 15) is 22.8 Å². The van der Waals surface area contributed by atoms with Crippen molar-refractivity contribution in [2.75, 3.05) is 26.2 Å². The Labute approximate surface area is 127 Å². The lowest BCUT2D eigenvalue weighted by Gasteiger charge is -2.29. The Bertz CT molecular complexity index is 407. The maximum Gasteiger partial charge on any atom is 0.422 e. The Morgan fingerprint density at radius 2 is 1.64 bits per heavy atom. The molecule has 8 heteroatoms. The third kappa shape index (κ3) is 4.51. The van der Waals surface area contributed by atoms with Gasteiger partial charge < -0.3 is 9.64 Å². The van der Waals surface area contributed by atoms with Crippen LogP contribution in [0.2, 0.25) is 0 Å². The van der Waals surface area contributed by atoms with Crippen LogP contribution in [-0.2, 0) is 9.53 Å². The van der Waals surface area contributed by atoms with Gasteiger partial charge in [-0.1, -0.05) is 12.8 Å². The summed E-state index contributed by atoms with van der Waals surface area (Å²) in [5, 5.41) is 0. The summed E-state index contributed by atoms with van der Waals surface area (Å²) in [6, 6.07) is -0.682. The number of halogens is 3. The Balaban J connectivity index is 1.94. The molecular formula is C14H21F3N2O3. The number of ether oxygens (including phenoxy) is 1. The lowest BCUT2D eigenvalue weighted by molar-refractivity contribution is -0.163. The van der Waals surface area contributed by atoms with Gasteiger partial charge in [-0.25, -0.2) is 4.79 Å². The molecule has 2 amide bonds. The fourth-order valence-electron chi connectivity index (χ4n) is 2.97. The van der Waals surface area contributed by atoms with Gasteiger partial charge in [-0.05, 0) is 25.7 Å². The van der Waals surface area contributed by atoms with Crippen LogP contribution in [0.3, 0.4) is 0 Å². The Morgan fingerprint density at radius 1 is 1.00 bits per heavy atom. The summed E-state index contributed by atoms with van der Waals surface area (Å²) in [6.45, 7) is -0.0462. The van der Waals surface area contributed by atoms with Crippen LogP contribution in [-0.4, -0.2) is 60.3 Å². The largest absolute Gasteiger partial charge is 0.440 e. The standard InChI is InChI=1S/C14H21F3N2O3/c15-14(16,17)10-22-13(21)19-9-5-6-11(19)12(20)18-7-3-1-2-4-8-18/h11H,1-10H2. The van der Waals surface area contributed by atoms with E-state index < -0.39 is 24.9 Å². The van der Waals surface area contributed by atoms with Crippen LogP contribution in [0.1, 0.15) is 38.5 Å². The highest BCUT2D eigenvalue weighted by Crippen LogP contribution is 2.23. The minimum atomic E-state index is -4.56. The van der Waals surface area contributed by atoms with Crippen LogP contribution >= 0.6 is 0 Å². The van der Waals surface area contributed by atoms with E-state index in [0.717, 1.165) is 30.6 Å². The molecule has 0 aliphatic carbocycles. The predicted molar refractivity (Wildman–Crippen MR) is 72.2 cm³/mol. The molecule has 5 nitrogen and oxygen atoms in total. The second-order valence-electron chi connectivity index (χ2n) is 5.76. The molecule has 2 saturated heterocycles. The summed E-state index contributed by atoms with van der Waals surface area (Å²) in [5.41, 5.74) is 0. The van der Waals surface area contributed by atoms with Gasteiger partial charge in [0, 0.05) is 19.6 Å². The minimum Gasteiger partial charge on any atom is -0.440 e. The first kappa shape index (κ1) is 16.9. The number of hydrogen-bond acceptors (Lipinski definition) is 3. The van der Waals surface area contributed by atoms with Crippen LogP contribution in [0, 0.1) is 0 Å². The van der Waals surface area contributed by atoms with Crippen molar-refractivity contribution < 1.29 is 27.5 Å². The van der Waals surface area contributed by atoms with E-state index in [4.69, 9.17) is 0 Å². The van der Waals surface area contributed by atoms with Crippen molar-refractivity contribution in [3.63, 3.8) is 0 Å². The van der Waals surface area contributed by atoms with E-state index in [1.54, 1.807) is 4.90 Å². The van der Waals surface area contributed by atoms with E-state index in [1.807, 2.05) is 0 Å². The molecule has 0 N–H and O–H groups in total. The highest BCUT2D eigenvalue weighted by Gasteiger charge is 2.39. The molecule has 1 atom stereocenters. The minimum absolute atomic E-state index is 0.164. The quantitative estimate of drug-likeness (QED) is 0.785. The lowest BCUT2D eigenvalue weighted by atomic mass is 10.2.